The standard InChI is InChI=1S/C10H11FN2/c1-8(12)6-13-7-9-4-2-3-5-10(9)11/h2-5,7H,1,6,12H2. The Bertz CT molecular complexity index is 331. The lowest BCUT2D eigenvalue weighted by molar-refractivity contribution is 0.626. The zero-order valence-electron chi connectivity index (χ0n) is 7.20. The number of hydrogen-bond acceptors (Lipinski definition) is 2. The van der Waals surface area contributed by atoms with Crippen molar-refractivity contribution >= 4 is 6.21 Å². The molecule has 0 aliphatic rings. The summed E-state index contributed by atoms with van der Waals surface area (Å²) in [5.74, 6) is -0.283. The Morgan fingerprint density at radius 1 is 1.54 bits per heavy atom. The van der Waals surface area contributed by atoms with Gasteiger partial charge in [-0.3, -0.25) is 4.99 Å². The molecule has 0 aliphatic carbocycles. The van der Waals surface area contributed by atoms with Crippen molar-refractivity contribution in [3.8, 4) is 0 Å². The van der Waals surface area contributed by atoms with Gasteiger partial charge < -0.3 is 5.73 Å². The van der Waals surface area contributed by atoms with E-state index in [0.29, 0.717) is 17.8 Å². The molecule has 0 aromatic heterocycles. The van der Waals surface area contributed by atoms with Gasteiger partial charge in [0.05, 0.1) is 6.54 Å². The lowest BCUT2D eigenvalue weighted by atomic mass is 10.2. The molecule has 68 valence electrons. The van der Waals surface area contributed by atoms with E-state index in [0.717, 1.165) is 0 Å². The minimum absolute atomic E-state index is 0.283. The molecule has 0 spiro atoms. The van der Waals surface area contributed by atoms with E-state index in [-0.39, 0.29) is 5.82 Å². The second kappa shape index (κ2) is 4.40. The van der Waals surface area contributed by atoms with Crippen LogP contribution in [0.15, 0.2) is 41.5 Å². The summed E-state index contributed by atoms with van der Waals surface area (Å²) < 4.78 is 13.0. The number of nitrogens with two attached hydrogens (primary N) is 1. The quantitative estimate of drug-likeness (QED) is 0.703. The number of benzene rings is 1. The molecule has 0 aliphatic heterocycles. The monoisotopic (exact) mass is 178 g/mol. The molecule has 1 aromatic rings. The van der Waals surface area contributed by atoms with Crippen molar-refractivity contribution in [2.75, 3.05) is 6.54 Å². The fraction of sp³-hybridized carbons (Fsp3) is 0.100. The first-order valence-electron chi connectivity index (χ1n) is 3.88. The van der Waals surface area contributed by atoms with Gasteiger partial charge in [0.1, 0.15) is 5.82 Å². The zero-order chi connectivity index (χ0) is 9.68. The molecule has 2 nitrogen and oxygen atoms in total. The van der Waals surface area contributed by atoms with Crippen LogP contribution in [0.3, 0.4) is 0 Å². The number of aliphatic imine (C=N–C) groups is 1. The second-order valence-electron chi connectivity index (χ2n) is 2.65. The van der Waals surface area contributed by atoms with Crippen LogP contribution in [0, 0.1) is 5.82 Å². The summed E-state index contributed by atoms with van der Waals surface area (Å²) in [5.41, 5.74) is 6.22. The Morgan fingerprint density at radius 3 is 2.85 bits per heavy atom. The van der Waals surface area contributed by atoms with E-state index in [1.54, 1.807) is 18.2 Å². The van der Waals surface area contributed by atoms with Crippen LogP contribution in [0.2, 0.25) is 0 Å². The molecule has 0 saturated carbocycles. The summed E-state index contributed by atoms with van der Waals surface area (Å²) in [6, 6.07) is 6.42. The molecule has 0 fully saturated rings. The average molecular weight is 178 g/mol. The third kappa shape index (κ3) is 3.07. The van der Waals surface area contributed by atoms with E-state index in [1.165, 1.54) is 12.3 Å². The van der Waals surface area contributed by atoms with Gasteiger partial charge >= 0.3 is 0 Å². The normalized spacial score (nSPS) is 10.5. The molecular formula is C10H11FN2. The fourth-order valence-corrected chi connectivity index (χ4v) is 0.841. The van der Waals surface area contributed by atoms with Crippen LogP contribution >= 0.6 is 0 Å². The smallest absolute Gasteiger partial charge is 0.131 e. The summed E-state index contributed by atoms with van der Waals surface area (Å²) in [6.45, 7) is 3.81. The number of rotatable bonds is 3. The number of hydrogen-bond donors (Lipinski definition) is 1. The van der Waals surface area contributed by atoms with E-state index < -0.39 is 0 Å². The van der Waals surface area contributed by atoms with Gasteiger partial charge in [-0.25, -0.2) is 4.39 Å². The van der Waals surface area contributed by atoms with Gasteiger partial charge in [0.15, 0.2) is 0 Å². The predicted molar refractivity (Wildman–Crippen MR) is 52.2 cm³/mol. The SMILES string of the molecule is C=C(N)CN=Cc1ccccc1F. The molecule has 13 heavy (non-hydrogen) atoms. The second-order valence-corrected chi connectivity index (χ2v) is 2.65. The molecule has 1 rings (SSSR count). The molecule has 0 bridgehead atoms. The highest BCUT2D eigenvalue weighted by molar-refractivity contribution is 5.79. The summed E-state index contributed by atoms with van der Waals surface area (Å²) >= 11 is 0. The van der Waals surface area contributed by atoms with Crippen LogP contribution in [0.1, 0.15) is 5.56 Å². The molecule has 3 heteroatoms. The van der Waals surface area contributed by atoms with E-state index in [1.807, 2.05) is 0 Å². The first kappa shape index (κ1) is 9.45. The van der Waals surface area contributed by atoms with Crippen LogP contribution in [0.4, 0.5) is 4.39 Å². The van der Waals surface area contributed by atoms with Gasteiger partial charge in [-0.15, -0.1) is 0 Å². The Morgan fingerprint density at radius 2 is 2.23 bits per heavy atom. The summed E-state index contributed by atoms with van der Waals surface area (Å²) in [7, 11) is 0. The van der Waals surface area contributed by atoms with Crippen molar-refractivity contribution < 1.29 is 4.39 Å². The van der Waals surface area contributed by atoms with E-state index in [4.69, 9.17) is 5.73 Å². The van der Waals surface area contributed by atoms with Crippen molar-refractivity contribution in [3.05, 3.63) is 47.9 Å². The maximum absolute atomic E-state index is 13.0. The molecular weight excluding hydrogens is 167 g/mol. The van der Waals surface area contributed by atoms with Crippen molar-refractivity contribution in [3.63, 3.8) is 0 Å². The number of halogens is 1. The molecule has 0 heterocycles. The van der Waals surface area contributed by atoms with Crippen LogP contribution in [-0.4, -0.2) is 12.8 Å². The molecule has 2 N–H and O–H groups in total. The summed E-state index contributed by atoms with van der Waals surface area (Å²) in [5, 5.41) is 0. The average Bonchev–Trinajstić information content (AvgIpc) is 2.08. The molecule has 0 unspecified atom stereocenters. The van der Waals surface area contributed by atoms with Crippen molar-refractivity contribution in [2.45, 2.75) is 0 Å². The van der Waals surface area contributed by atoms with Gasteiger partial charge in [-0.05, 0) is 6.07 Å². The third-order valence-corrected chi connectivity index (χ3v) is 1.43. The van der Waals surface area contributed by atoms with Gasteiger partial charge in [0.2, 0.25) is 0 Å². The molecule has 0 atom stereocenters. The number of nitrogens with zero attached hydrogens (tertiary/aromatic N) is 1. The molecule has 1 aromatic carbocycles. The fourth-order valence-electron chi connectivity index (χ4n) is 0.841. The summed E-state index contributed by atoms with van der Waals surface area (Å²) in [4.78, 5) is 3.91. The highest BCUT2D eigenvalue weighted by Crippen LogP contribution is 2.02. The van der Waals surface area contributed by atoms with Crippen molar-refractivity contribution in [1.29, 1.82) is 0 Å². The zero-order valence-corrected chi connectivity index (χ0v) is 7.20. The Hall–Kier alpha value is -1.64. The van der Waals surface area contributed by atoms with E-state index in [9.17, 15) is 4.39 Å². The van der Waals surface area contributed by atoms with E-state index >= 15 is 0 Å². The van der Waals surface area contributed by atoms with Crippen molar-refractivity contribution in [2.24, 2.45) is 10.7 Å². The molecule has 0 radical (unpaired) electrons. The minimum Gasteiger partial charge on any atom is -0.401 e. The van der Waals surface area contributed by atoms with Gasteiger partial charge in [-0.2, -0.15) is 0 Å². The third-order valence-electron chi connectivity index (χ3n) is 1.43. The molecule has 0 amide bonds. The minimum atomic E-state index is -0.283. The van der Waals surface area contributed by atoms with Gasteiger partial charge in [0.25, 0.3) is 0 Å². The van der Waals surface area contributed by atoms with E-state index in [2.05, 4.69) is 11.6 Å². The highest BCUT2D eigenvalue weighted by Gasteiger charge is 1.94. The van der Waals surface area contributed by atoms with Crippen LogP contribution < -0.4 is 5.73 Å². The van der Waals surface area contributed by atoms with Crippen LogP contribution in [-0.2, 0) is 0 Å². The predicted octanol–water partition coefficient (Wildman–Crippen LogP) is 1.72. The van der Waals surface area contributed by atoms with Crippen LogP contribution in [0.5, 0.6) is 0 Å². The first-order valence-corrected chi connectivity index (χ1v) is 3.88. The van der Waals surface area contributed by atoms with Crippen LogP contribution in [0.25, 0.3) is 0 Å². The highest BCUT2D eigenvalue weighted by atomic mass is 19.1. The topological polar surface area (TPSA) is 38.4 Å². The largest absolute Gasteiger partial charge is 0.401 e. The lowest BCUT2D eigenvalue weighted by Crippen LogP contribution is -1.98. The Labute approximate surface area is 76.6 Å². The first-order chi connectivity index (χ1) is 6.20. The molecule has 0 saturated heterocycles. The van der Waals surface area contributed by atoms with Gasteiger partial charge in [-0.1, -0.05) is 24.8 Å². The maximum atomic E-state index is 13.0. The summed E-state index contributed by atoms with van der Waals surface area (Å²) in [6.07, 6.45) is 1.45. The maximum Gasteiger partial charge on any atom is 0.131 e. The van der Waals surface area contributed by atoms with Crippen molar-refractivity contribution in [1.82, 2.24) is 0 Å². The van der Waals surface area contributed by atoms with Gasteiger partial charge in [0, 0.05) is 17.5 Å². The lowest BCUT2D eigenvalue weighted by Gasteiger charge is -1.94. The Balaban J connectivity index is 2.68. The Kier molecular flexibility index (Phi) is 3.20.